The number of nitrogens with zero attached hydrogens (tertiary/aromatic N) is 4. The molecule has 0 saturated carbocycles. The number of rotatable bonds is 5. The first-order chi connectivity index (χ1) is 9.54. The van der Waals surface area contributed by atoms with Crippen LogP contribution in [0.2, 0.25) is 0 Å². The molecule has 2 rings (SSSR count). The molecule has 1 aromatic carbocycles. The van der Waals surface area contributed by atoms with Gasteiger partial charge in [0.2, 0.25) is 0 Å². The van der Waals surface area contributed by atoms with E-state index in [0.29, 0.717) is 0 Å². The minimum Gasteiger partial charge on any atom is -0.307 e. The second-order valence-electron chi connectivity index (χ2n) is 4.34. The quantitative estimate of drug-likeness (QED) is 0.721. The number of halogens is 3. The fraction of sp³-hybridized carbons (Fsp3) is 0.417. The van der Waals surface area contributed by atoms with E-state index in [-0.39, 0.29) is 6.04 Å². The molecule has 0 saturated heterocycles. The van der Waals surface area contributed by atoms with Crippen LogP contribution in [-0.2, 0) is 0 Å². The van der Waals surface area contributed by atoms with Crippen molar-refractivity contribution in [3.05, 3.63) is 31.4 Å². The van der Waals surface area contributed by atoms with E-state index in [1.807, 2.05) is 12.1 Å². The minimum absolute atomic E-state index is 0.0763. The zero-order chi connectivity index (χ0) is 14.7. The van der Waals surface area contributed by atoms with Crippen molar-refractivity contribution < 1.29 is 0 Å². The highest BCUT2D eigenvalue weighted by Gasteiger charge is 2.19. The molecule has 1 heterocycles. The average molecular weight is 468 g/mol. The predicted octanol–water partition coefficient (Wildman–Crippen LogP) is 4.01. The first kappa shape index (κ1) is 16.1. The largest absolute Gasteiger partial charge is 0.307 e. The Balaban J connectivity index is 2.42. The highest BCUT2D eigenvalue weighted by atomic mass is 79.9. The molecule has 8 heteroatoms. The van der Waals surface area contributed by atoms with E-state index in [9.17, 15) is 0 Å². The van der Waals surface area contributed by atoms with Gasteiger partial charge in [0.25, 0.3) is 0 Å². The maximum Gasteiger partial charge on any atom is 0.173 e. The van der Waals surface area contributed by atoms with Crippen LogP contribution in [0.15, 0.2) is 25.6 Å². The Labute approximate surface area is 142 Å². The smallest absolute Gasteiger partial charge is 0.173 e. The molecule has 0 radical (unpaired) electrons. The molecule has 108 valence electrons. The van der Waals surface area contributed by atoms with E-state index in [1.165, 1.54) is 0 Å². The van der Waals surface area contributed by atoms with E-state index in [0.717, 1.165) is 37.9 Å². The Morgan fingerprint density at radius 1 is 1.25 bits per heavy atom. The molecule has 1 unspecified atom stereocenters. The summed E-state index contributed by atoms with van der Waals surface area (Å²) in [6.45, 7) is 5.11. The molecule has 0 amide bonds. The van der Waals surface area contributed by atoms with E-state index < -0.39 is 0 Å². The van der Waals surface area contributed by atoms with Crippen LogP contribution in [0.1, 0.15) is 32.1 Å². The summed E-state index contributed by atoms with van der Waals surface area (Å²) < 4.78 is 4.55. The third-order valence-corrected chi connectivity index (χ3v) is 4.44. The standard InChI is InChI=1S/C12H14Br3N5/c1-3-4-16-7(2)12-17-18-19-20(12)11-9(14)5-8(13)6-10(11)15/h5-7,16H,3-4H2,1-2H3. The molecule has 0 spiro atoms. The van der Waals surface area contributed by atoms with Crippen LogP contribution in [0.4, 0.5) is 0 Å². The Kier molecular flexibility index (Phi) is 5.71. The van der Waals surface area contributed by atoms with Crippen molar-refractivity contribution in [2.24, 2.45) is 0 Å². The molecule has 0 bridgehead atoms. The Morgan fingerprint density at radius 3 is 2.50 bits per heavy atom. The van der Waals surface area contributed by atoms with Gasteiger partial charge in [-0.1, -0.05) is 22.9 Å². The Bertz CT molecular complexity index is 576. The molecular weight excluding hydrogens is 454 g/mol. The van der Waals surface area contributed by atoms with Crippen LogP contribution in [0.5, 0.6) is 0 Å². The molecule has 5 nitrogen and oxygen atoms in total. The first-order valence-corrected chi connectivity index (χ1v) is 8.59. The minimum atomic E-state index is 0.0763. The number of hydrogen-bond acceptors (Lipinski definition) is 4. The monoisotopic (exact) mass is 465 g/mol. The van der Waals surface area contributed by atoms with Gasteiger partial charge in [-0.2, -0.15) is 4.68 Å². The van der Waals surface area contributed by atoms with Gasteiger partial charge in [0.1, 0.15) is 0 Å². The van der Waals surface area contributed by atoms with Gasteiger partial charge >= 0.3 is 0 Å². The second kappa shape index (κ2) is 7.11. The van der Waals surface area contributed by atoms with Gasteiger partial charge in [-0.05, 0) is 74.3 Å². The van der Waals surface area contributed by atoms with E-state index in [4.69, 9.17) is 0 Å². The topological polar surface area (TPSA) is 55.6 Å². The van der Waals surface area contributed by atoms with Gasteiger partial charge in [-0.15, -0.1) is 5.10 Å². The summed E-state index contributed by atoms with van der Waals surface area (Å²) in [6, 6.07) is 4.01. The van der Waals surface area contributed by atoms with Crippen LogP contribution in [0.25, 0.3) is 5.69 Å². The Hall–Kier alpha value is -0.310. The predicted molar refractivity (Wildman–Crippen MR) is 89.0 cm³/mol. The molecule has 0 aliphatic carbocycles. The normalized spacial score (nSPS) is 12.7. The maximum atomic E-state index is 4.14. The van der Waals surface area contributed by atoms with Crippen LogP contribution < -0.4 is 5.32 Å². The lowest BCUT2D eigenvalue weighted by Crippen LogP contribution is -2.23. The van der Waals surface area contributed by atoms with Crippen LogP contribution in [-0.4, -0.2) is 26.8 Å². The summed E-state index contributed by atoms with van der Waals surface area (Å²) in [7, 11) is 0. The number of aromatic nitrogens is 4. The highest BCUT2D eigenvalue weighted by Crippen LogP contribution is 2.33. The number of hydrogen-bond donors (Lipinski definition) is 1. The first-order valence-electron chi connectivity index (χ1n) is 6.21. The van der Waals surface area contributed by atoms with Gasteiger partial charge in [-0.3, -0.25) is 0 Å². The summed E-state index contributed by atoms with van der Waals surface area (Å²) in [5.74, 6) is 0.780. The zero-order valence-corrected chi connectivity index (χ0v) is 15.8. The summed E-state index contributed by atoms with van der Waals surface area (Å²) >= 11 is 10.6. The van der Waals surface area contributed by atoms with Crippen LogP contribution >= 0.6 is 47.8 Å². The summed E-state index contributed by atoms with van der Waals surface area (Å²) in [5.41, 5.74) is 0.887. The van der Waals surface area contributed by atoms with E-state index >= 15 is 0 Å². The lowest BCUT2D eigenvalue weighted by atomic mass is 10.2. The summed E-state index contributed by atoms with van der Waals surface area (Å²) in [4.78, 5) is 0. The van der Waals surface area contributed by atoms with Crippen molar-refractivity contribution in [2.75, 3.05) is 6.54 Å². The molecule has 1 N–H and O–H groups in total. The van der Waals surface area contributed by atoms with E-state index in [1.54, 1.807) is 4.68 Å². The van der Waals surface area contributed by atoms with Crippen molar-refractivity contribution >= 4 is 47.8 Å². The summed E-state index contributed by atoms with van der Waals surface area (Å²) in [6.07, 6.45) is 1.07. The van der Waals surface area contributed by atoms with Gasteiger partial charge in [0.05, 0.1) is 11.7 Å². The molecule has 2 aromatic rings. The Morgan fingerprint density at radius 2 is 1.90 bits per heavy atom. The maximum absolute atomic E-state index is 4.14. The van der Waals surface area contributed by atoms with Crippen molar-refractivity contribution in [3.63, 3.8) is 0 Å². The van der Waals surface area contributed by atoms with E-state index in [2.05, 4.69) is 82.5 Å². The molecular formula is C12H14Br3N5. The number of nitrogens with one attached hydrogen (secondary N) is 1. The lowest BCUT2D eigenvalue weighted by molar-refractivity contribution is 0.531. The third-order valence-electron chi connectivity index (χ3n) is 2.77. The second-order valence-corrected chi connectivity index (χ2v) is 6.97. The van der Waals surface area contributed by atoms with Gasteiger partial charge in [0, 0.05) is 13.4 Å². The average Bonchev–Trinajstić information content (AvgIpc) is 2.83. The fourth-order valence-electron chi connectivity index (χ4n) is 1.81. The molecule has 0 fully saturated rings. The molecule has 1 aromatic heterocycles. The molecule has 0 aliphatic rings. The van der Waals surface area contributed by atoms with Crippen molar-refractivity contribution in [1.82, 2.24) is 25.5 Å². The highest BCUT2D eigenvalue weighted by molar-refractivity contribution is 9.11. The van der Waals surface area contributed by atoms with Crippen molar-refractivity contribution in [3.8, 4) is 5.69 Å². The van der Waals surface area contributed by atoms with Crippen molar-refractivity contribution in [1.29, 1.82) is 0 Å². The molecule has 0 aliphatic heterocycles. The van der Waals surface area contributed by atoms with Crippen molar-refractivity contribution in [2.45, 2.75) is 26.3 Å². The van der Waals surface area contributed by atoms with Gasteiger partial charge in [-0.25, -0.2) is 0 Å². The van der Waals surface area contributed by atoms with Crippen LogP contribution in [0.3, 0.4) is 0 Å². The van der Waals surface area contributed by atoms with Gasteiger partial charge < -0.3 is 5.32 Å². The third kappa shape index (κ3) is 3.47. The SMILES string of the molecule is CCCNC(C)c1nnnn1-c1c(Br)cc(Br)cc1Br. The summed E-state index contributed by atoms with van der Waals surface area (Å²) in [5, 5.41) is 15.4. The fourth-order valence-corrected chi connectivity index (χ4v) is 4.41. The van der Waals surface area contributed by atoms with Gasteiger partial charge in [0.15, 0.2) is 5.82 Å². The number of tetrazole rings is 1. The molecule has 20 heavy (non-hydrogen) atoms. The zero-order valence-electron chi connectivity index (χ0n) is 11.1. The van der Waals surface area contributed by atoms with Crippen LogP contribution in [0, 0.1) is 0 Å². The molecule has 1 atom stereocenters. The number of benzene rings is 1. The lowest BCUT2D eigenvalue weighted by Gasteiger charge is -2.15.